The molecule has 1 aliphatic rings. The fraction of sp³-hybridized carbons (Fsp3) is 0.750. The minimum atomic E-state index is -0.284. The Morgan fingerprint density at radius 3 is 3.06 bits per heavy atom. The Balaban J connectivity index is 1.99. The molecule has 2 heterocycles. The van der Waals surface area contributed by atoms with E-state index in [1.54, 1.807) is 11.0 Å². The lowest BCUT2D eigenvalue weighted by atomic mass is 10.1. The summed E-state index contributed by atoms with van der Waals surface area (Å²) in [5.74, 6) is 0.104. The highest BCUT2D eigenvalue weighted by Crippen LogP contribution is 2.16. The van der Waals surface area contributed by atoms with E-state index in [-0.39, 0.29) is 11.9 Å². The Hall–Kier alpha value is -1.43. The first-order valence-corrected chi connectivity index (χ1v) is 6.51. The molecule has 1 saturated heterocycles. The lowest BCUT2D eigenvalue weighted by molar-refractivity contribution is -0.135. The molecule has 2 atom stereocenters. The van der Waals surface area contributed by atoms with Crippen LogP contribution in [0.5, 0.6) is 0 Å². The summed E-state index contributed by atoms with van der Waals surface area (Å²) < 4.78 is 1.60. The van der Waals surface area contributed by atoms with E-state index in [0.717, 1.165) is 32.4 Å². The third-order valence-electron chi connectivity index (χ3n) is 3.63. The van der Waals surface area contributed by atoms with Crippen LogP contribution in [0.2, 0.25) is 0 Å². The zero-order chi connectivity index (χ0) is 13.0. The number of hydrogen-bond acceptors (Lipinski definition) is 4. The number of hydrogen-bond donors (Lipinski definition) is 1. The van der Waals surface area contributed by atoms with Gasteiger partial charge in [-0.1, -0.05) is 0 Å². The van der Waals surface area contributed by atoms with Crippen molar-refractivity contribution in [1.29, 1.82) is 0 Å². The zero-order valence-electron chi connectivity index (χ0n) is 11.0. The van der Waals surface area contributed by atoms with Crippen molar-refractivity contribution in [3.8, 4) is 0 Å². The number of nitrogens with zero attached hydrogens (tertiary/aromatic N) is 4. The minimum absolute atomic E-state index is 0.104. The van der Waals surface area contributed by atoms with Gasteiger partial charge in [0.25, 0.3) is 0 Å². The van der Waals surface area contributed by atoms with Crippen molar-refractivity contribution in [2.75, 3.05) is 20.1 Å². The maximum atomic E-state index is 12.4. The topological polar surface area (TPSA) is 63.1 Å². The molecule has 0 aromatic carbocycles. The lowest BCUT2D eigenvalue weighted by Crippen LogP contribution is -2.41. The Labute approximate surface area is 107 Å². The van der Waals surface area contributed by atoms with Gasteiger partial charge < -0.3 is 10.2 Å². The molecule has 1 amide bonds. The summed E-state index contributed by atoms with van der Waals surface area (Å²) in [6.07, 6.45) is 6.26. The molecule has 0 aliphatic carbocycles. The van der Waals surface area contributed by atoms with Gasteiger partial charge in [-0.05, 0) is 39.3 Å². The Morgan fingerprint density at radius 1 is 1.50 bits per heavy atom. The molecule has 1 fully saturated rings. The van der Waals surface area contributed by atoms with Crippen molar-refractivity contribution in [2.45, 2.75) is 38.3 Å². The van der Waals surface area contributed by atoms with Crippen LogP contribution < -0.4 is 5.32 Å². The number of aromatic nitrogens is 3. The van der Waals surface area contributed by atoms with Crippen LogP contribution in [0.3, 0.4) is 0 Å². The summed E-state index contributed by atoms with van der Waals surface area (Å²) >= 11 is 0. The van der Waals surface area contributed by atoms with Gasteiger partial charge in [0, 0.05) is 13.1 Å². The smallest absolute Gasteiger partial charge is 0.247 e. The predicted molar refractivity (Wildman–Crippen MR) is 68.0 cm³/mol. The van der Waals surface area contributed by atoms with Crippen molar-refractivity contribution in [3.05, 3.63) is 12.7 Å². The van der Waals surface area contributed by atoms with Crippen molar-refractivity contribution in [1.82, 2.24) is 25.0 Å². The van der Waals surface area contributed by atoms with Gasteiger partial charge in [0.2, 0.25) is 5.91 Å². The molecule has 0 bridgehead atoms. The Kier molecular flexibility index (Phi) is 4.30. The van der Waals surface area contributed by atoms with Crippen LogP contribution in [-0.2, 0) is 4.79 Å². The van der Waals surface area contributed by atoms with Gasteiger partial charge in [-0.2, -0.15) is 5.10 Å². The number of carbonyl (C=O) groups is 1. The highest BCUT2D eigenvalue weighted by Gasteiger charge is 2.25. The molecule has 6 heteroatoms. The van der Waals surface area contributed by atoms with Gasteiger partial charge in [0.15, 0.2) is 0 Å². The predicted octanol–water partition coefficient (Wildman–Crippen LogP) is 0.440. The van der Waals surface area contributed by atoms with Crippen LogP contribution in [0, 0.1) is 0 Å². The fourth-order valence-corrected chi connectivity index (χ4v) is 2.39. The van der Waals surface area contributed by atoms with E-state index < -0.39 is 0 Å². The monoisotopic (exact) mass is 251 g/mol. The molecular weight excluding hydrogens is 230 g/mol. The van der Waals surface area contributed by atoms with Crippen LogP contribution in [0.15, 0.2) is 12.7 Å². The van der Waals surface area contributed by atoms with Crippen LogP contribution in [0.1, 0.15) is 32.2 Å². The molecule has 1 aromatic rings. The third-order valence-corrected chi connectivity index (χ3v) is 3.63. The molecule has 2 rings (SSSR count). The molecule has 1 aromatic heterocycles. The van der Waals surface area contributed by atoms with Gasteiger partial charge in [0.05, 0.1) is 0 Å². The Bertz CT molecular complexity index is 370. The van der Waals surface area contributed by atoms with Crippen molar-refractivity contribution in [3.63, 3.8) is 0 Å². The van der Waals surface area contributed by atoms with Crippen LogP contribution >= 0.6 is 0 Å². The van der Waals surface area contributed by atoms with Crippen molar-refractivity contribution < 1.29 is 4.79 Å². The van der Waals surface area contributed by atoms with Gasteiger partial charge in [0.1, 0.15) is 18.7 Å². The number of amides is 1. The van der Waals surface area contributed by atoms with E-state index in [1.807, 2.05) is 18.9 Å². The van der Waals surface area contributed by atoms with Crippen LogP contribution in [0.25, 0.3) is 0 Å². The molecule has 0 saturated carbocycles. The second kappa shape index (κ2) is 5.95. The quantitative estimate of drug-likeness (QED) is 0.846. The second-order valence-corrected chi connectivity index (χ2v) is 4.84. The van der Waals surface area contributed by atoms with Crippen LogP contribution in [-0.4, -0.2) is 51.8 Å². The molecular formula is C12H21N5O. The number of rotatable bonds is 3. The molecule has 6 nitrogen and oxygen atoms in total. The first-order chi connectivity index (χ1) is 8.70. The van der Waals surface area contributed by atoms with Crippen molar-refractivity contribution >= 4 is 5.91 Å². The maximum Gasteiger partial charge on any atom is 0.247 e. The minimum Gasteiger partial charge on any atom is -0.341 e. The summed E-state index contributed by atoms with van der Waals surface area (Å²) in [4.78, 5) is 18.1. The summed E-state index contributed by atoms with van der Waals surface area (Å²) in [6.45, 7) is 3.90. The van der Waals surface area contributed by atoms with Crippen molar-refractivity contribution in [2.24, 2.45) is 0 Å². The number of carbonyl (C=O) groups excluding carboxylic acids is 1. The summed E-state index contributed by atoms with van der Waals surface area (Å²) in [5, 5.41) is 7.39. The van der Waals surface area contributed by atoms with E-state index in [0.29, 0.717) is 6.04 Å². The normalized spacial score (nSPS) is 22.2. The molecule has 1 aliphatic heterocycles. The average Bonchev–Trinajstić information content (AvgIpc) is 2.78. The van der Waals surface area contributed by atoms with Gasteiger partial charge in [-0.15, -0.1) is 0 Å². The first-order valence-electron chi connectivity index (χ1n) is 6.51. The lowest BCUT2D eigenvalue weighted by Gasteiger charge is -2.29. The number of nitrogens with one attached hydrogen (secondary N) is 1. The molecule has 0 spiro atoms. The molecule has 100 valence electrons. The highest BCUT2D eigenvalue weighted by atomic mass is 16.2. The largest absolute Gasteiger partial charge is 0.341 e. The molecule has 0 radical (unpaired) electrons. The second-order valence-electron chi connectivity index (χ2n) is 4.84. The molecule has 1 N–H and O–H groups in total. The van der Waals surface area contributed by atoms with E-state index in [1.165, 1.54) is 6.33 Å². The number of likely N-dealkylation sites (N-methyl/N-ethyl adjacent to an activating group) is 1. The molecule has 2 unspecified atom stereocenters. The van der Waals surface area contributed by atoms with Crippen LogP contribution in [0.4, 0.5) is 0 Å². The summed E-state index contributed by atoms with van der Waals surface area (Å²) in [5.41, 5.74) is 0. The average molecular weight is 251 g/mol. The third kappa shape index (κ3) is 2.87. The molecule has 18 heavy (non-hydrogen) atoms. The van der Waals surface area contributed by atoms with E-state index in [9.17, 15) is 4.79 Å². The van der Waals surface area contributed by atoms with E-state index in [4.69, 9.17) is 0 Å². The van der Waals surface area contributed by atoms with Gasteiger partial charge in [-0.3, -0.25) is 4.79 Å². The van der Waals surface area contributed by atoms with Gasteiger partial charge >= 0.3 is 0 Å². The maximum absolute atomic E-state index is 12.4. The summed E-state index contributed by atoms with van der Waals surface area (Å²) in [7, 11) is 1.89. The fourth-order valence-electron chi connectivity index (χ4n) is 2.39. The van der Waals surface area contributed by atoms with Gasteiger partial charge in [-0.25, -0.2) is 9.67 Å². The first kappa shape index (κ1) is 13.0. The van der Waals surface area contributed by atoms with E-state index in [2.05, 4.69) is 15.4 Å². The SMILES string of the molecule is CC(C(=O)N(C)C1CCCNCC1)n1cncn1. The summed E-state index contributed by atoms with van der Waals surface area (Å²) in [6, 6.07) is 0.0483. The standard InChI is InChI=1S/C12H21N5O/c1-10(17-9-14-8-15-17)12(18)16(2)11-4-3-6-13-7-5-11/h8-11,13H,3-7H2,1-2H3. The highest BCUT2D eigenvalue weighted by molar-refractivity contribution is 5.80. The Morgan fingerprint density at radius 2 is 2.33 bits per heavy atom. The zero-order valence-corrected chi connectivity index (χ0v) is 11.0. The van der Waals surface area contributed by atoms with E-state index >= 15 is 0 Å².